The Morgan fingerprint density at radius 2 is 2.33 bits per heavy atom. The van der Waals surface area contributed by atoms with Crippen LogP contribution in [-0.4, -0.2) is 17.0 Å². The number of rotatable bonds is 2. The highest BCUT2D eigenvalue weighted by Gasteiger charge is 2.66. The van der Waals surface area contributed by atoms with Gasteiger partial charge in [0.1, 0.15) is 5.78 Å². The molecule has 2 nitrogen and oxygen atoms in total. The van der Waals surface area contributed by atoms with Crippen LogP contribution in [0.25, 0.3) is 0 Å². The van der Waals surface area contributed by atoms with Crippen molar-refractivity contribution in [3.05, 3.63) is 0 Å². The smallest absolute Gasteiger partial charge is 0.142 e. The highest BCUT2D eigenvalue weighted by Crippen LogP contribution is 2.65. The average Bonchev–Trinajstić information content (AvgIpc) is 2.51. The number of aliphatic hydroxyl groups excluding tert-OH is 1. The van der Waals surface area contributed by atoms with Crippen molar-refractivity contribution >= 4 is 5.78 Å². The first kappa shape index (κ1) is 10.7. The van der Waals surface area contributed by atoms with Gasteiger partial charge in [0.15, 0.2) is 0 Å². The normalized spacial score (nSPS) is 39.1. The molecule has 2 bridgehead atoms. The van der Waals surface area contributed by atoms with Crippen LogP contribution in [0.5, 0.6) is 0 Å². The molecular formula is C13H18O2. The van der Waals surface area contributed by atoms with Crippen molar-refractivity contribution in [2.24, 2.45) is 16.7 Å². The van der Waals surface area contributed by atoms with Crippen LogP contribution in [0.4, 0.5) is 0 Å². The minimum Gasteiger partial charge on any atom is -0.391 e. The fraction of sp³-hybridized carbons (Fsp3) is 0.769. The van der Waals surface area contributed by atoms with Gasteiger partial charge in [0.05, 0.1) is 11.5 Å². The number of ketones is 1. The van der Waals surface area contributed by atoms with Crippen LogP contribution in [0.1, 0.15) is 39.5 Å². The molecule has 2 rings (SSSR count). The van der Waals surface area contributed by atoms with Crippen LogP contribution in [0.15, 0.2) is 0 Å². The first-order chi connectivity index (χ1) is 6.96. The fourth-order valence-electron chi connectivity index (χ4n) is 3.78. The number of carbonyl (C=O) groups is 1. The molecule has 0 aromatic heterocycles. The standard InChI is InChI=1S/C13H18O2/c1-4-5-10(14)13-7-6-9(8-11(13)15)12(13,2)3/h1,9-10,14H,5-8H2,2-3H3/t9-,10+,13-/m1/s1. The van der Waals surface area contributed by atoms with Gasteiger partial charge < -0.3 is 5.11 Å². The summed E-state index contributed by atoms with van der Waals surface area (Å²) >= 11 is 0. The van der Waals surface area contributed by atoms with Gasteiger partial charge in [-0.2, -0.15) is 0 Å². The van der Waals surface area contributed by atoms with Crippen LogP contribution in [0.3, 0.4) is 0 Å². The molecule has 0 aromatic rings. The van der Waals surface area contributed by atoms with E-state index in [1.54, 1.807) is 0 Å². The van der Waals surface area contributed by atoms with Crippen molar-refractivity contribution in [3.8, 4) is 12.3 Å². The predicted octanol–water partition coefficient (Wildman–Crippen LogP) is 1.77. The Balaban J connectivity index is 2.40. The van der Waals surface area contributed by atoms with Crippen molar-refractivity contribution < 1.29 is 9.90 Å². The largest absolute Gasteiger partial charge is 0.391 e. The Kier molecular flexibility index (Phi) is 2.20. The Morgan fingerprint density at radius 3 is 2.73 bits per heavy atom. The lowest BCUT2D eigenvalue weighted by Gasteiger charge is -2.39. The van der Waals surface area contributed by atoms with Gasteiger partial charge in [-0.25, -0.2) is 0 Å². The molecule has 0 heterocycles. The second-order valence-corrected chi connectivity index (χ2v) is 5.48. The molecule has 0 spiro atoms. The summed E-state index contributed by atoms with van der Waals surface area (Å²) in [5.41, 5.74) is -0.635. The summed E-state index contributed by atoms with van der Waals surface area (Å²) in [6.45, 7) is 4.21. The van der Waals surface area contributed by atoms with Crippen molar-refractivity contribution in [1.82, 2.24) is 0 Å². The monoisotopic (exact) mass is 206 g/mol. The Labute approximate surface area is 91.1 Å². The maximum Gasteiger partial charge on any atom is 0.142 e. The molecular weight excluding hydrogens is 188 g/mol. The molecule has 2 heteroatoms. The van der Waals surface area contributed by atoms with Crippen LogP contribution in [0.2, 0.25) is 0 Å². The molecule has 15 heavy (non-hydrogen) atoms. The lowest BCUT2D eigenvalue weighted by atomic mass is 9.65. The van der Waals surface area contributed by atoms with Gasteiger partial charge in [0.2, 0.25) is 0 Å². The van der Waals surface area contributed by atoms with E-state index in [0.29, 0.717) is 18.8 Å². The molecule has 3 atom stereocenters. The average molecular weight is 206 g/mol. The van der Waals surface area contributed by atoms with E-state index in [0.717, 1.165) is 12.8 Å². The zero-order valence-corrected chi connectivity index (χ0v) is 9.42. The van der Waals surface area contributed by atoms with E-state index < -0.39 is 11.5 Å². The summed E-state index contributed by atoms with van der Waals surface area (Å²) in [6.07, 6.45) is 7.38. The van der Waals surface area contributed by atoms with E-state index in [9.17, 15) is 9.90 Å². The van der Waals surface area contributed by atoms with Gasteiger partial charge in [-0.15, -0.1) is 12.3 Å². The molecule has 0 amide bonds. The number of aliphatic hydroxyl groups is 1. The van der Waals surface area contributed by atoms with E-state index in [2.05, 4.69) is 19.8 Å². The molecule has 0 radical (unpaired) electrons. The lowest BCUT2D eigenvalue weighted by molar-refractivity contribution is -0.138. The van der Waals surface area contributed by atoms with E-state index in [1.165, 1.54) is 0 Å². The zero-order valence-electron chi connectivity index (χ0n) is 9.42. The fourth-order valence-corrected chi connectivity index (χ4v) is 3.78. The number of carbonyl (C=O) groups excluding carboxylic acids is 1. The molecule has 82 valence electrons. The molecule has 1 N–H and O–H groups in total. The summed E-state index contributed by atoms with van der Waals surface area (Å²) in [7, 11) is 0. The van der Waals surface area contributed by atoms with Crippen molar-refractivity contribution in [3.63, 3.8) is 0 Å². The molecule has 0 aromatic carbocycles. The summed E-state index contributed by atoms with van der Waals surface area (Å²) in [5, 5.41) is 10.2. The predicted molar refractivity (Wildman–Crippen MR) is 58.0 cm³/mol. The highest BCUT2D eigenvalue weighted by atomic mass is 16.3. The number of terminal acetylenes is 1. The molecule has 0 aliphatic heterocycles. The van der Waals surface area contributed by atoms with Crippen molar-refractivity contribution in [2.75, 3.05) is 0 Å². The van der Waals surface area contributed by atoms with Crippen LogP contribution < -0.4 is 0 Å². The summed E-state index contributed by atoms with van der Waals surface area (Å²) < 4.78 is 0. The van der Waals surface area contributed by atoms with E-state index in [-0.39, 0.29) is 11.2 Å². The molecule has 2 fully saturated rings. The second-order valence-electron chi connectivity index (χ2n) is 5.48. The van der Waals surface area contributed by atoms with Crippen LogP contribution in [0, 0.1) is 29.1 Å². The highest BCUT2D eigenvalue weighted by molar-refractivity contribution is 5.90. The third-order valence-electron chi connectivity index (χ3n) is 4.87. The third-order valence-corrected chi connectivity index (χ3v) is 4.87. The number of fused-ring (bicyclic) bond motifs is 2. The van der Waals surface area contributed by atoms with Gasteiger partial charge in [0, 0.05) is 12.8 Å². The van der Waals surface area contributed by atoms with Crippen LogP contribution >= 0.6 is 0 Å². The maximum atomic E-state index is 12.1. The zero-order chi connectivity index (χ0) is 11.3. The molecule has 0 unspecified atom stereocenters. The van der Waals surface area contributed by atoms with Gasteiger partial charge in [-0.3, -0.25) is 4.79 Å². The minimum atomic E-state index is -0.655. The molecule has 2 saturated carbocycles. The second kappa shape index (κ2) is 3.09. The number of hydrogen-bond donors (Lipinski definition) is 1. The minimum absolute atomic E-state index is 0.0830. The number of hydrogen-bond acceptors (Lipinski definition) is 2. The summed E-state index contributed by atoms with van der Waals surface area (Å²) in [5.74, 6) is 3.15. The molecule has 0 saturated heterocycles. The molecule has 2 aliphatic rings. The summed E-state index contributed by atoms with van der Waals surface area (Å²) in [6, 6.07) is 0. The first-order valence-electron chi connectivity index (χ1n) is 5.61. The van der Waals surface area contributed by atoms with E-state index in [4.69, 9.17) is 6.42 Å². The Bertz CT molecular complexity index is 337. The number of Topliss-reactive ketones (excluding diaryl/α,β-unsaturated/α-hetero) is 1. The van der Waals surface area contributed by atoms with Gasteiger partial charge >= 0.3 is 0 Å². The topological polar surface area (TPSA) is 37.3 Å². The Morgan fingerprint density at radius 1 is 1.67 bits per heavy atom. The summed E-state index contributed by atoms with van der Waals surface area (Å²) in [4.78, 5) is 12.1. The SMILES string of the molecule is C#CC[C@H](O)[C@]12CC[C@H](CC1=O)C2(C)C. The van der Waals surface area contributed by atoms with Crippen molar-refractivity contribution in [2.45, 2.75) is 45.6 Å². The first-order valence-corrected chi connectivity index (χ1v) is 5.61. The molecule has 2 aliphatic carbocycles. The van der Waals surface area contributed by atoms with Gasteiger partial charge in [-0.1, -0.05) is 13.8 Å². The van der Waals surface area contributed by atoms with E-state index >= 15 is 0 Å². The van der Waals surface area contributed by atoms with Gasteiger partial charge in [-0.05, 0) is 24.2 Å². The maximum absolute atomic E-state index is 12.1. The third kappa shape index (κ3) is 1.08. The van der Waals surface area contributed by atoms with E-state index in [1.807, 2.05) is 0 Å². The quantitative estimate of drug-likeness (QED) is 0.699. The van der Waals surface area contributed by atoms with Gasteiger partial charge in [0.25, 0.3) is 0 Å². The lowest BCUT2D eigenvalue weighted by Crippen LogP contribution is -2.46. The van der Waals surface area contributed by atoms with Crippen molar-refractivity contribution in [1.29, 1.82) is 0 Å². The Hall–Kier alpha value is -0.810. The van der Waals surface area contributed by atoms with Crippen LogP contribution in [-0.2, 0) is 4.79 Å².